The van der Waals surface area contributed by atoms with E-state index in [1.54, 1.807) is 0 Å². The molecule has 1 atom stereocenters. The Hall–Kier alpha value is -0.830. The first-order chi connectivity index (χ1) is 8.61. The van der Waals surface area contributed by atoms with Crippen molar-refractivity contribution in [2.45, 2.75) is 52.4 Å². The maximum Gasteiger partial charge on any atom is 0.221 e. The van der Waals surface area contributed by atoms with E-state index in [0.29, 0.717) is 29.5 Å². The van der Waals surface area contributed by atoms with Crippen molar-refractivity contribution in [3.63, 3.8) is 0 Å². The standard InChI is InChI=1S/C14H21ClN2O/c1-4-5-9(2)8-18-14-10(3)12(15)16-13(17-14)11-6-7-11/h9,11H,4-8H2,1-3H3. The Morgan fingerprint density at radius 3 is 2.72 bits per heavy atom. The van der Waals surface area contributed by atoms with Gasteiger partial charge in [0.2, 0.25) is 5.88 Å². The Bertz CT molecular complexity index is 419. The molecule has 0 bridgehead atoms. The minimum atomic E-state index is 0.499. The van der Waals surface area contributed by atoms with Gasteiger partial charge < -0.3 is 4.74 Å². The third-order valence-electron chi connectivity index (χ3n) is 3.29. The molecule has 1 aliphatic rings. The fourth-order valence-electron chi connectivity index (χ4n) is 1.95. The third kappa shape index (κ3) is 3.35. The highest BCUT2D eigenvalue weighted by atomic mass is 35.5. The molecule has 1 aromatic heterocycles. The predicted octanol–water partition coefficient (Wildman–Crippen LogP) is 4.13. The van der Waals surface area contributed by atoms with Gasteiger partial charge in [0, 0.05) is 11.5 Å². The van der Waals surface area contributed by atoms with Crippen molar-refractivity contribution in [1.82, 2.24) is 9.97 Å². The lowest BCUT2D eigenvalue weighted by Gasteiger charge is -2.14. The lowest BCUT2D eigenvalue weighted by atomic mass is 10.1. The maximum absolute atomic E-state index is 6.14. The van der Waals surface area contributed by atoms with E-state index in [2.05, 4.69) is 23.8 Å². The molecule has 0 aromatic carbocycles. The fourth-order valence-corrected chi connectivity index (χ4v) is 2.11. The van der Waals surface area contributed by atoms with Crippen LogP contribution in [0.25, 0.3) is 0 Å². The molecule has 100 valence electrons. The highest BCUT2D eigenvalue weighted by Gasteiger charge is 2.28. The highest BCUT2D eigenvalue weighted by Crippen LogP contribution is 2.39. The molecule has 2 rings (SSSR count). The van der Waals surface area contributed by atoms with Crippen molar-refractivity contribution in [3.8, 4) is 5.88 Å². The van der Waals surface area contributed by atoms with Crippen LogP contribution in [0, 0.1) is 12.8 Å². The first kappa shape index (κ1) is 13.6. The molecular weight excluding hydrogens is 248 g/mol. The van der Waals surface area contributed by atoms with E-state index in [1.807, 2.05) is 6.92 Å². The number of aromatic nitrogens is 2. The molecule has 18 heavy (non-hydrogen) atoms. The summed E-state index contributed by atoms with van der Waals surface area (Å²) in [6.07, 6.45) is 4.70. The van der Waals surface area contributed by atoms with E-state index in [4.69, 9.17) is 16.3 Å². The van der Waals surface area contributed by atoms with Gasteiger partial charge in [0.25, 0.3) is 0 Å². The Kier molecular flexibility index (Phi) is 4.44. The second-order valence-electron chi connectivity index (χ2n) is 5.28. The van der Waals surface area contributed by atoms with Gasteiger partial charge in [0.1, 0.15) is 11.0 Å². The molecular formula is C14H21ClN2O. The average Bonchev–Trinajstić information content (AvgIpc) is 3.15. The van der Waals surface area contributed by atoms with E-state index in [9.17, 15) is 0 Å². The number of nitrogens with zero attached hydrogens (tertiary/aromatic N) is 2. The van der Waals surface area contributed by atoms with Crippen LogP contribution in [0.5, 0.6) is 5.88 Å². The van der Waals surface area contributed by atoms with Crippen molar-refractivity contribution in [2.75, 3.05) is 6.61 Å². The molecule has 4 heteroatoms. The Morgan fingerprint density at radius 2 is 2.11 bits per heavy atom. The van der Waals surface area contributed by atoms with E-state index in [0.717, 1.165) is 11.4 Å². The molecule has 0 amide bonds. The van der Waals surface area contributed by atoms with E-state index in [1.165, 1.54) is 25.7 Å². The minimum Gasteiger partial charge on any atom is -0.477 e. The fraction of sp³-hybridized carbons (Fsp3) is 0.714. The number of hydrogen-bond donors (Lipinski definition) is 0. The van der Waals surface area contributed by atoms with Crippen LogP contribution in [0.4, 0.5) is 0 Å². The summed E-state index contributed by atoms with van der Waals surface area (Å²) in [6.45, 7) is 7.00. The summed E-state index contributed by atoms with van der Waals surface area (Å²) in [5.74, 6) is 2.56. The highest BCUT2D eigenvalue weighted by molar-refractivity contribution is 6.30. The van der Waals surface area contributed by atoms with Crippen LogP contribution in [-0.4, -0.2) is 16.6 Å². The van der Waals surface area contributed by atoms with Crippen LogP contribution in [0.1, 0.15) is 56.8 Å². The Labute approximate surface area is 114 Å². The first-order valence-corrected chi connectivity index (χ1v) is 7.16. The van der Waals surface area contributed by atoms with Gasteiger partial charge in [-0.05, 0) is 32.1 Å². The summed E-state index contributed by atoms with van der Waals surface area (Å²) < 4.78 is 5.82. The van der Waals surface area contributed by atoms with Crippen molar-refractivity contribution in [3.05, 3.63) is 16.5 Å². The van der Waals surface area contributed by atoms with E-state index in [-0.39, 0.29) is 0 Å². The normalized spacial score (nSPS) is 16.7. The maximum atomic E-state index is 6.14. The van der Waals surface area contributed by atoms with Crippen LogP contribution < -0.4 is 4.74 Å². The molecule has 1 fully saturated rings. The van der Waals surface area contributed by atoms with Crippen LogP contribution in [0.15, 0.2) is 0 Å². The summed E-state index contributed by atoms with van der Waals surface area (Å²) in [7, 11) is 0. The monoisotopic (exact) mass is 268 g/mol. The van der Waals surface area contributed by atoms with Gasteiger partial charge in [-0.3, -0.25) is 0 Å². The molecule has 0 aliphatic heterocycles. The number of hydrogen-bond acceptors (Lipinski definition) is 3. The van der Waals surface area contributed by atoms with Gasteiger partial charge >= 0.3 is 0 Å². The largest absolute Gasteiger partial charge is 0.477 e. The molecule has 0 N–H and O–H groups in total. The Balaban J connectivity index is 2.06. The summed E-state index contributed by atoms with van der Waals surface area (Å²) in [4.78, 5) is 8.84. The molecule has 1 unspecified atom stereocenters. The van der Waals surface area contributed by atoms with E-state index >= 15 is 0 Å². The van der Waals surface area contributed by atoms with Gasteiger partial charge in [-0.2, -0.15) is 4.98 Å². The first-order valence-electron chi connectivity index (χ1n) is 6.78. The lowest BCUT2D eigenvalue weighted by Crippen LogP contribution is -2.11. The third-order valence-corrected chi connectivity index (χ3v) is 3.66. The number of halogens is 1. The molecule has 3 nitrogen and oxygen atoms in total. The zero-order valence-corrected chi connectivity index (χ0v) is 12.1. The molecule has 1 saturated carbocycles. The molecule has 0 spiro atoms. The molecule has 1 aliphatic carbocycles. The van der Waals surface area contributed by atoms with Crippen molar-refractivity contribution in [2.24, 2.45) is 5.92 Å². The average molecular weight is 269 g/mol. The van der Waals surface area contributed by atoms with Crippen LogP contribution in [0.2, 0.25) is 5.15 Å². The van der Waals surface area contributed by atoms with Crippen LogP contribution in [-0.2, 0) is 0 Å². The lowest BCUT2D eigenvalue weighted by molar-refractivity contribution is 0.240. The zero-order chi connectivity index (χ0) is 13.1. The summed E-state index contributed by atoms with van der Waals surface area (Å²) in [6, 6.07) is 0. The molecule has 1 heterocycles. The van der Waals surface area contributed by atoms with Crippen LogP contribution in [0.3, 0.4) is 0 Å². The summed E-state index contributed by atoms with van der Waals surface area (Å²) >= 11 is 6.14. The molecule has 0 saturated heterocycles. The van der Waals surface area contributed by atoms with Gasteiger partial charge in [-0.25, -0.2) is 4.98 Å². The van der Waals surface area contributed by atoms with Crippen molar-refractivity contribution in [1.29, 1.82) is 0 Å². The van der Waals surface area contributed by atoms with Crippen LogP contribution >= 0.6 is 11.6 Å². The molecule has 1 aromatic rings. The SMILES string of the molecule is CCCC(C)COc1nc(C2CC2)nc(Cl)c1C. The van der Waals surface area contributed by atoms with Crippen molar-refractivity contribution < 1.29 is 4.74 Å². The minimum absolute atomic E-state index is 0.499. The van der Waals surface area contributed by atoms with Gasteiger partial charge in [-0.1, -0.05) is 31.9 Å². The summed E-state index contributed by atoms with van der Waals surface area (Å²) in [5.41, 5.74) is 0.852. The zero-order valence-electron chi connectivity index (χ0n) is 11.4. The second kappa shape index (κ2) is 5.87. The Morgan fingerprint density at radius 1 is 1.39 bits per heavy atom. The predicted molar refractivity (Wildman–Crippen MR) is 73.3 cm³/mol. The smallest absolute Gasteiger partial charge is 0.221 e. The van der Waals surface area contributed by atoms with Gasteiger partial charge in [0.05, 0.1) is 6.61 Å². The van der Waals surface area contributed by atoms with Gasteiger partial charge in [-0.15, -0.1) is 0 Å². The second-order valence-corrected chi connectivity index (χ2v) is 5.64. The number of ether oxygens (including phenoxy) is 1. The van der Waals surface area contributed by atoms with E-state index < -0.39 is 0 Å². The quantitative estimate of drug-likeness (QED) is 0.728. The number of rotatable bonds is 6. The summed E-state index contributed by atoms with van der Waals surface area (Å²) in [5, 5.41) is 0.532. The molecule has 0 radical (unpaired) electrons. The van der Waals surface area contributed by atoms with Gasteiger partial charge in [0.15, 0.2) is 0 Å². The van der Waals surface area contributed by atoms with Crippen molar-refractivity contribution >= 4 is 11.6 Å². The topological polar surface area (TPSA) is 35.0 Å².